The first-order chi connectivity index (χ1) is 8.04. The van der Waals surface area contributed by atoms with Crippen molar-refractivity contribution in [2.24, 2.45) is 0 Å². The summed E-state index contributed by atoms with van der Waals surface area (Å²) in [5.74, 6) is 1.56. The van der Waals surface area contributed by atoms with Crippen molar-refractivity contribution in [3.05, 3.63) is 29.3 Å². The topological polar surface area (TPSA) is 21.3 Å². The van der Waals surface area contributed by atoms with E-state index in [0.29, 0.717) is 5.92 Å². The van der Waals surface area contributed by atoms with Crippen LogP contribution in [0.1, 0.15) is 44.7 Å². The molecule has 0 aliphatic rings. The second-order valence-electron chi connectivity index (χ2n) is 4.92. The van der Waals surface area contributed by atoms with E-state index >= 15 is 0 Å². The monoisotopic (exact) mass is 235 g/mol. The fourth-order valence-corrected chi connectivity index (χ4v) is 1.71. The lowest BCUT2D eigenvalue weighted by Gasteiger charge is -2.18. The van der Waals surface area contributed by atoms with E-state index in [1.54, 1.807) is 0 Å². The zero-order valence-electron chi connectivity index (χ0n) is 11.7. The summed E-state index contributed by atoms with van der Waals surface area (Å²) in [7, 11) is 0. The van der Waals surface area contributed by atoms with Gasteiger partial charge in [-0.15, -0.1) is 0 Å². The SMILES string of the molecule is CCNCC(C)Oc1cc(C(C)C)ccc1C. The molecule has 0 amide bonds. The van der Waals surface area contributed by atoms with Crippen LogP contribution in [0.3, 0.4) is 0 Å². The molecule has 0 bridgehead atoms. The molecule has 2 nitrogen and oxygen atoms in total. The average Bonchev–Trinajstić information content (AvgIpc) is 2.29. The molecule has 17 heavy (non-hydrogen) atoms. The second-order valence-corrected chi connectivity index (χ2v) is 4.92. The summed E-state index contributed by atoms with van der Waals surface area (Å²) in [6.07, 6.45) is 0.205. The predicted octanol–water partition coefficient (Wildman–Crippen LogP) is 3.50. The van der Waals surface area contributed by atoms with Crippen molar-refractivity contribution in [2.75, 3.05) is 13.1 Å². The number of hydrogen-bond acceptors (Lipinski definition) is 2. The molecule has 0 spiro atoms. The standard InChI is InChI=1S/C15H25NO/c1-6-16-10-13(5)17-15-9-14(11(2)3)8-7-12(15)4/h7-9,11,13,16H,6,10H2,1-5H3. The summed E-state index contributed by atoms with van der Waals surface area (Å²) in [5, 5.41) is 3.30. The number of hydrogen-bond donors (Lipinski definition) is 1. The van der Waals surface area contributed by atoms with Crippen LogP contribution in [-0.4, -0.2) is 19.2 Å². The minimum Gasteiger partial charge on any atom is -0.489 e. The van der Waals surface area contributed by atoms with Gasteiger partial charge >= 0.3 is 0 Å². The quantitative estimate of drug-likeness (QED) is 0.815. The Morgan fingerprint density at radius 2 is 1.94 bits per heavy atom. The number of likely N-dealkylation sites (N-methyl/N-ethyl adjacent to an activating group) is 1. The number of rotatable bonds is 6. The van der Waals surface area contributed by atoms with Gasteiger partial charge in [0.2, 0.25) is 0 Å². The zero-order valence-corrected chi connectivity index (χ0v) is 11.7. The normalized spacial score (nSPS) is 12.8. The number of nitrogens with one attached hydrogen (secondary N) is 1. The fraction of sp³-hybridized carbons (Fsp3) is 0.600. The van der Waals surface area contributed by atoms with E-state index in [1.807, 2.05) is 0 Å². The molecule has 1 rings (SSSR count). The first-order valence-electron chi connectivity index (χ1n) is 6.52. The van der Waals surface area contributed by atoms with E-state index < -0.39 is 0 Å². The Morgan fingerprint density at radius 1 is 1.24 bits per heavy atom. The van der Waals surface area contributed by atoms with Crippen molar-refractivity contribution in [2.45, 2.75) is 46.6 Å². The molecule has 1 atom stereocenters. The Hall–Kier alpha value is -1.02. The lowest BCUT2D eigenvalue weighted by molar-refractivity contribution is 0.216. The third-order valence-electron chi connectivity index (χ3n) is 2.89. The van der Waals surface area contributed by atoms with E-state index in [-0.39, 0.29) is 6.10 Å². The van der Waals surface area contributed by atoms with Crippen molar-refractivity contribution < 1.29 is 4.74 Å². The second kappa shape index (κ2) is 6.65. The Kier molecular flexibility index (Phi) is 5.49. The maximum absolute atomic E-state index is 5.98. The summed E-state index contributed by atoms with van der Waals surface area (Å²) in [5.41, 5.74) is 2.54. The number of aryl methyl sites for hydroxylation is 1. The van der Waals surface area contributed by atoms with E-state index in [9.17, 15) is 0 Å². The van der Waals surface area contributed by atoms with Gasteiger partial charge in [-0.1, -0.05) is 32.9 Å². The summed E-state index contributed by atoms with van der Waals surface area (Å²) in [6, 6.07) is 6.49. The van der Waals surface area contributed by atoms with Crippen molar-refractivity contribution in [3.8, 4) is 5.75 Å². The van der Waals surface area contributed by atoms with Crippen molar-refractivity contribution in [1.82, 2.24) is 5.32 Å². The van der Waals surface area contributed by atoms with Crippen LogP contribution in [0.25, 0.3) is 0 Å². The van der Waals surface area contributed by atoms with E-state index in [1.165, 1.54) is 11.1 Å². The molecule has 2 heteroatoms. The van der Waals surface area contributed by atoms with Crippen LogP contribution in [0.5, 0.6) is 5.75 Å². The van der Waals surface area contributed by atoms with Gasteiger partial charge in [-0.2, -0.15) is 0 Å². The van der Waals surface area contributed by atoms with E-state index in [0.717, 1.165) is 18.8 Å². The van der Waals surface area contributed by atoms with Gasteiger partial charge in [0.25, 0.3) is 0 Å². The van der Waals surface area contributed by atoms with Crippen LogP contribution in [0.2, 0.25) is 0 Å². The summed E-state index contributed by atoms with van der Waals surface area (Å²) in [6.45, 7) is 12.6. The highest BCUT2D eigenvalue weighted by atomic mass is 16.5. The van der Waals surface area contributed by atoms with Gasteiger partial charge in [-0.3, -0.25) is 0 Å². The van der Waals surface area contributed by atoms with Crippen molar-refractivity contribution in [1.29, 1.82) is 0 Å². The van der Waals surface area contributed by atoms with Gasteiger partial charge in [0, 0.05) is 6.54 Å². The smallest absolute Gasteiger partial charge is 0.122 e. The molecule has 0 aliphatic carbocycles. The molecule has 1 aromatic rings. The van der Waals surface area contributed by atoms with Crippen molar-refractivity contribution in [3.63, 3.8) is 0 Å². The van der Waals surface area contributed by atoms with Crippen LogP contribution in [0, 0.1) is 6.92 Å². The molecule has 0 heterocycles. The van der Waals surface area contributed by atoms with Crippen LogP contribution in [-0.2, 0) is 0 Å². The van der Waals surface area contributed by atoms with Crippen LogP contribution in [0.15, 0.2) is 18.2 Å². The molecule has 0 saturated heterocycles. The first-order valence-corrected chi connectivity index (χ1v) is 6.52. The highest BCUT2D eigenvalue weighted by molar-refractivity contribution is 5.37. The molecule has 1 aromatic carbocycles. The molecule has 96 valence electrons. The number of ether oxygens (including phenoxy) is 1. The molecule has 0 radical (unpaired) electrons. The lowest BCUT2D eigenvalue weighted by Crippen LogP contribution is -2.28. The Labute approximate surface area is 105 Å². The van der Waals surface area contributed by atoms with E-state index in [4.69, 9.17) is 4.74 Å². The molecule has 1 unspecified atom stereocenters. The average molecular weight is 235 g/mol. The molecular formula is C15H25NO. The zero-order chi connectivity index (χ0) is 12.8. The molecule has 0 fully saturated rings. The van der Waals surface area contributed by atoms with Gasteiger partial charge in [0.1, 0.15) is 11.9 Å². The molecule has 0 saturated carbocycles. The summed E-state index contributed by atoms with van der Waals surface area (Å²) in [4.78, 5) is 0. The van der Waals surface area contributed by atoms with E-state index in [2.05, 4.69) is 58.1 Å². The largest absolute Gasteiger partial charge is 0.489 e. The molecular weight excluding hydrogens is 210 g/mol. The number of benzene rings is 1. The Morgan fingerprint density at radius 3 is 2.53 bits per heavy atom. The third kappa shape index (κ3) is 4.39. The molecule has 0 aliphatic heterocycles. The van der Waals surface area contributed by atoms with Crippen LogP contribution < -0.4 is 10.1 Å². The van der Waals surface area contributed by atoms with Crippen LogP contribution in [0.4, 0.5) is 0 Å². The van der Waals surface area contributed by atoms with Crippen molar-refractivity contribution >= 4 is 0 Å². The Balaban J connectivity index is 2.72. The van der Waals surface area contributed by atoms with Gasteiger partial charge in [0.05, 0.1) is 0 Å². The lowest BCUT2D eigenvalue weighted by atomic mass is 10.0. The fourth-order valence-electron chi connectivity index (χ4n) is 1.71. The van der Waals surface area contributed by atoms with Gasteiger partial charge in [0.15, 0.2) is 0 Å². The van der Waals surface area contributed by atoms with Gasteiger partial charge < -0.3 is 10.1 Å². The first kappa shape index (κ1) is 14.0. The third-order valence-corrected chi connectivity index (χ3v) is 2.89. The van der Waals surface area contributed by atoms with Crippen LogP contribution >= 0.6 is 0 Å². The summed E-state index contributed by atoms with van der Waals surface area (Å²) >= 11 is 0. The van der Waals surface area contributed by atoms with Gasteiger partial charge in [-0.05, 0) is 43.5 Å². The Bertz CT molecular complexity index is 347. The highest BCUT2D eigenvalue weighted by Crippen LogP contribution is 2.24. The maximum Gasteiger partial charge on any atom is 0.122 e. The minimum atomic E-state index is 0.205. The molecule has 1 N–H and O–H groups in total. The minimum absolute atomic E-state index is 0.205. The highest BCUT2D eigenvalue weighted by Gasteiger charge is 2.08. The van der Waals surface area contributed by atoms with Gasteiger partial charge in [-0.25, -0.2) is 0 Å². The summed E-state index contributed by atoms with van der Waals surface area (Å²) < 4.78 is 5.98. The maximum atomic E-state index is 5.98. The molecule has 0 aromatic heterocycles. The predicted molar refractivity (Wildman–Crippen MR) is 73.9 cm³/mol.